The zero-order chi connectivity index (χ0) is 22.0. The Morgan fingerprint density at radius 3 is 2.29 bits per heavy atom. The standard InChI is InChI=1S/C24H21N3O4/c1-3-31-18-11-9-17(10-12-18)21(28)19-20(16-7-5-15(2)6-8-16)27(23(30)22(19)29)24-25-13-4-14-26-24/h4-14,20,28H,3H2,1-2H3/b21-19+/t20-/m0/s1. The van der Waals surface area contributed by atoms with Crippen LogP contribution in [0.25, 0.3) is 5.76 Å². The van der Waals surface area contributed by atoms with E-state index in [1.54, 1.807) is 30.3 Å². The second-order valence-electron chi connectivity index (χ2n) is 7.09. The molecule has 31 heavy (non-hydrogen) atoms. The first-order chi connectivity index (χ1) is 15.0. The lowest BCUT2D eigenvalue weighted by Gasteiger charge is -2.23. The number of aliphatic hydroxyl groups excluding tert-OH is 1. The number of hydrogen-bond acceptors (Lipinski definition) is 6. The third kappa shape index (κ3) is 3.77. The number of carbonyl (C=O) groups excluding carboxylic acids is 2. The van der Waals surface area contributed by atoms with Gasteiger partial charge in [-0.1, -0.05) is 29.8 Å². The average molecular weight is 415 g/mol. The fraction of sp³-hybridized carbons (Fsp3) is 0.167. The summed E-state index contributed by atoms with van der Waals surface area (Å²) in [6.07, 6.45) is 3.00. The maximum atomic E-state index is 13.0. The van der Waals surface area contributed by atoms with Crippen molar-refractivity contribution in [1.29, 1.82) is 0 Å². The van der Waals surface area contributed by atoms with Crippen molar-refractivity contribution in [1.82, 2.24) is 9.97 Å². The molecule has 0 unspecified atom stereocenters. The molecule has 1 N–H and O–H groups in total. The predicted molar refractivity (Wildman–Crippen MR) is 116 cm³/mol. The third-order valence-corrected chi connectivity index (χ3v) is 5.04. The molecule has 2 heterocycles. The number of amides is 1. The number of aryl methyl sites for hydroxylation is 1. The molecule has 7 nitrogen and oxygen atoms in total. The number of hydrogen-bond donors (Lipinski definition) is 1. The number of Topliss-reactive ketones (excluding diaryl/α,β-unsaturated/α-hetero) is 1. The highest BCUT2D eigenvalue weighted by Crippen LogP contribution is 2.41. The van der Waals surface area contributed by atoms with Crippen LogP contribution in [0.5, 0.6) is 5.75 Å². The summed E-state index contributed by atoms with van der Waals surface area (Å²) < 4.78 is 5.44. The van der Waals surface area contributed by atoms with Gasteiger partial charge in [-0.25, -0.2) is 9.97 Å². The molecule has 156 valence electrons. The lowest BCUT2D eigenvalue weighted by molar-refractivity contribution is -0.132. The normalized spacial score (nSPS) is 17.7. The summed E-state index contributed by atoms with van der Waals surface area (Å²) in [6.45, 7) is 4.34. The average Bonchev–Trinajstić information content (AvgIpc) is 3.06. The van der Waals surface area contributed by atoms with Crippen LogP contribution in [0, 0.1) is 6.92 Å². The van der Waals surface area contributed by atoms with Crippen molar-refractivity contribution in [3.8, 4) is 5.75 Å². The second-order valence-corrected chi connectivity index (χ2v) is 7.09. The summed E-state index contributed by atoms with van der Waals surface area (Å²) in [5.41, 5.74) is 2.10. The first kappa shape index (κ1) is 20.3. The Bertz CT molecular complexity index is 1140. The van der Waals surface area contributed by atoms with E-state index in [-0.39, 0.29) is 17.3 Å². The van der Waals surface area contributed by atoms with Gasteiger partial charge in [-0.3, -0.25) is 14.5 Å². The zero-order valence-corrected chi connectivity index (χ0v) is 17.1. The minimum atomic E-state index is -0.852. The summed E-state index contributed by atoms with van der Waals surface area (Å²) in [5, 5.41) is 11.1. The van der Waals surface area contributed by atoms with Crippen LogP contribution in [-0.2, 0) is 9.59 Å². The highest BCUT2D eigenvalue weighted by Gasteiger charge is 2.48. The fourth-order valence-corrected chi connectivity index (χ4v) is 3.55. The molecule has 2 aromatic carbocycles. The fourth-order valence-electron chi connectivity index (χ4n) is 3.55. The van der Waals surface area contributed by atoms with Crippen molar-refractivity contribution in [2.45, 2.75) is 19.9 Å². The Hall–Kier alpha value is -4.00. The van der Waals surface area contributed by atoms with Crippen LogP contribution in [0.3, 0.4) is 0 Å². The number of aromatic nitrogens is 2. The van der Waals surface area contributed by atoms with Crippen LogP contribution >= 0.6 is 0 Å². The quantitative estimate of drug-likeness (QED) is 0.387. The van der Waals surface area contributed by atoms with E-state index in [1.165, 1.54) is 17.3 Å². The van der Waals surface area contributed by atoms with Crippen molar-refractivity contribution in [3.05, 3.63) is 89.3 Å². The molecular weight excluding hydrogens is 394 g/mol. The van der Waals surface area contributed by atoms with Gasteiger partial charge in [0.2, 0.25) is 5.95 Å². The number of ketones is 1. The SMILES string of the molecule is CCOc1ccc(/C(O)=C2\C(=O)C(=O)N(c3ncccn3)[C@H]2c2ccc(C)cc2)cc1. The van der Waals surface area contributed by atoms with Crippen molar-refractivity contribution in [2.75, 3.05) is 11.5 Å². The number of aliphatic hydroxyl groups is 1. The molecule has 1 saturated heterocycles. The molecule has 1 atom stereocenters. The molecule has 4 rings (SSSR count). The van der Waals surface area contributed by atoms with Gasteiger partial charge in [0, 0.05) is 18.0 Å². The minimum absolute atomic E-state index is 0.00883. The van der Waals surface area contributed by atoms with E-state index in [0.29, 0.717) is 23.5 Å². The van der Waals surface area contributed by atoms with E-state index in [4.69, 9.17) is 4.74 Å². The Labute approximate surface area is 179 Å². The number of nitrogens with zero attached hydrogens (tertiary/aromatic N) is 3. The van der Waals surface area contributed by atoms with E-state index in [9.17, 15) is 14.7 Å². The van der Waals surface area contributed by atoms with Gasteiger partial charge in [0.1, 0.15) is 11.5 Å². The molecule has 0 radical (unpaired) electrons. The largest absolute Gasteiger partial charge is 0.507 e. The van der Waals surface area contributed by atoms with Gasteiger partial charge in [-0.2, -0.15) is 0 Å². The Balaban J connectivity index is 1.88. The van der Waals surface area contributed by atoms with Gasteiger partial charge < -0.3 is 9.84 Å². The first-order valence-corrected chi connectivity index (χ1v) is 9.89. The van der Waals surface area contributed by atoms with E-state index >= 15 is 0 Å². The molecule has 7 heteroatoms. The van der Waals surface area contributed by atoms with Crippen LogP contribution in [0.15, 0.2) is 72.6 Å². The molecule has 1 fully saturated rings. The van der Waals surface area contributed by atoms with E-state index in [0.717, 1.165) is 5.56 Å². The summed E-state index contributed by atoms with van der Waals surface area (Å²) in [5.74, 6) is -1.09. The van der Waals surface area contributed by atoms with Crippen LogP contribution in [0.1, 0.15) is 29.7 Å². The van der Waals surface area contributed by atoms with Gasteiger partial charge in [-0.05, 0) is 49.7 Å². The highest BCUT2D eigenvalue weighted by molar-refractivity contribution is 6.51. The van der Waals surface area contributed by atoms with Crippen LogP contribution < -0.4 is 9.64 Å². The zero-order valence-electron chi connectivity index (χ0n) is 17.1. The van der Waals surface area contributed by atoms with E-state index in [1.807, 2.05) is 38.1 Å². The third-order valence-electron chi connectivity index (χ3n) is 5.04. The molecule has 3 aromatic rings. The highest BCUT2D eigenvalue weighted by atomic mass is 16.5. The molecule has 1 aromatic heterocycles. The molecule has 0 spiro atoms. The minimum Gasteiger partial charge on any atom is -0.507 e. The summed E-state index contributed by atoms with van der Waals surface area (Å²) in [7, 11) is 0. The topological polar surface area (TPSA) is 92.6 Å². The molecule has 0 bridgehead atoms. The monoisotopic (exact) mass is 415 g/mol. The van der Waals surface area contributed by atoms with Crippen molar-refractivity contribution >= 4 is 23.4 Å². The van der Waals surface area contributed by atoms with Crippen molar-refractivity contribution < 1.29 is 19.4 Å². The van der Waals surface area contributed by atoms with E-state index < -0.39 is 17.7 Å². The molecule has 0 aliphatic carbocycles. The lowest BCUT2D eigenvalue weighted by Crippen LogP contribution is -2.31. The van der Waals surface area contributed by atoms with Crippen LogP contribution in [0.2, 0.25) is 0 Å². The summed E-state index contributed by atoms with van der Waals surface area (Å²) >= 11 is 0. The molecule has 1 aliphatic rings. The van der Waals surface area contributed by atoms with Crippen LogP contribution in [0.4, 0.5) is 5.95 Å². The molecular formula is C24H21N3O4. The van der Waals surface area contributed by atoms with Gasteiger partial charge in [0.15, 0.2) is 0 Å². The van der Waals surface area contributed by atoms with E-state index in [2.05, 4.69) is 9.97 Å². The molecule has 1 amide bonds. The number of rotatable bonds is 5. The molecule has 0 saturated carbocycles. The summed E-state index contributed by atoms with van der Waals surface area (Å²) in [4.78, 5) is 35.6. The Morgan fingerprint density at radius 2 is 1.68 bits per heavy atom. The van der Waals surface area contributed by atoms with Crippen LogP contribution in [-0.4, -0.2) is 33.4 Å². The maximum Gasteiger partial charge on any atom is 0.302 e. The Morgan fingerprint density at radius 1 is 1.03 bits per heavy atom. The number of ether oxygens (including phenoxy) is 1. The summed E-state index contributed by atoms with van der Waals surface area (Å²) in [6, 6.07) is 14.9. The number of anilines is 1. The lowest BCUT2D eigenvalue weighted by atomic mass is 9.95. The first-order valence-electron chi connectivity index (χ1n) is 9.89. The molecule has 1 aliphatic heterocycles. The smallest absolute Gasteiger partial charge is 0.302 e. The van der Waals surface area contributed by atoms with Gasteiger partial charge >= 0.3 is 5.91 Å². The van der Waals surface area contributed by atoms with Crippen molar-refractivity contribution in [3.63, 3.8) is 0 Å². The Kier molecular flexibility index (Phi) is 5.49. The van der Waals surface area contributed by atoms with Gasteiger partial charge in [0.05, 0.1) is 18.2 Å². The number of benzene rings is 2. The van der Waals surface area contributed by atoms with Gasteiger partial charge in [-0.15, -0.1) is 0 Å². The maximum absolute atomic E-state index is 13.0. The number of carbonyl (C=O) groups is 2. The second kappa shape index (κ2) is 8.39. The van der Waals surface area contributed by atoms with Crippen molar-refractivity contribution in [2.24, 2.45) is 0 Å². The van der Waals surface area contributed by atoms with Gasteiger partial charge in [0.25, 0.3) is 5.78 Å². The predicted octanol–water partition coefficient (Wildman–Crippen LogP) is 3.81.